The van der Waals surface area contributed by atoms with Crippen molar-refractivity contribution in [3.05, 3.63) is 77.4 Å². The van der Waals surface area contributed by atoms with Gasteiger partial charge in [-0.2, -0.15) is 0 Å². The number of likely N-dealkylation sites (tertiary alicyclic amines) is 1. The number of rotatable bonds is 5. The number of carbonyl (C=O) groups is 1. The van der Waals surface area contributed by atoms with Gasteiger partial charge in [-0.3, -0.25) is 4.79 Å². The molecule has 1 saturated heterocycles. The number of nitrogens with zero attached hydrogens (tertiary/aromatic N) is 5. The average Bonchev–Trinajstić information content (AvgIpc) is 3.33. The molecule has 150 valence electrons. The summed E-state index contributed by atoms with van der Waals surface area (Å²) in [7, 11) is 0. The van der Waals surface area contributed by atoms with Crippen LogP contribution in [0.4, 0.5) is 4.39 Å². The first kappa shape index (κ1) is 19.2. The molecule has 1 aromatic heterocycles. The van der Waals surface area contributed by atoms with E-state index in [1.165, 1.54) is 16.8 Å². The topological polar surface area (TPSA) is 89.9 Å². The third-order valence-corrected chi connectivity index (χ3v) is 5.48. The monoisotopic (exact) mass is 394 g/mol. The highest BCUT2D eigenvalue weighted by molar-refractivity contribution is 5.81. The highest BCUT2D eigenvalue weighted by Gasteiger charge is 2.37. The van der Waals surface area contributed by atoms with E-state index >= 15 is 0 Å². The van der Waals surface area contributed by atoms with Crippen molar-refractivity contribution in [3.63, 3.8) is 0 Å². The summed E-state index contributed by atoms with van der Waals surface area (Å²) in [6.07, 6.45) is 0.368. The van der Waals surface area contributed by atoms with E-state index in [1.54, 1.807) is 24.0 Å². The lowest BCUT2D eigenvalue weighted by atomic mass is 9.95. The third-order valence-electron chi connectivity index (χ3n) is 5.48. The number of benzene rings is 2. The largest absolute Gasteiger partial charge is 0.339 e. The Morgan fingerprint density at radius 2 is 1.90 bits per heavy atom. The molecule has 3 aromatic rings. The molecule has 2 N–H and O–H groups in total. The Bertz CT molecular complexity index is 974. The van der Waals surface area contributed by atoms with Gasteiger partial charge >= 0.3 is 0 Å². The lowest BCUT2D eigenvalue weighted by Gasteiger charge is -2.24. The number of carbonyl (C=O) groups excluding carboxylic acids is 1. The zero-order valence-corrected chi connectivity index (χ0v) is 16.1. The molecule has 4 rings (SSSR count). The fourth-order valence-electron chi connectivity index (χ4n) is 3.92. The van der Waals surface area contributed by atoms with Gasteiger partial charge in [-0.25, -0.2) is 9.07 Å². The predicted octanol–water partition coefficient (Wildman–Crippen LogP) is 1.86. The van der Waals surface area contributed by atoms with Gasteiger partial charge in [0.25, 0.3) is 0 Å². The summed E-state index contributed by atoms with van der Waals surface area (Å²) in [5.74, 6) is 0.236. The number of hydrogen-bond donors (Lipinski definition) is 1. The molecule has 1 aliphatic heterocycles. The number of halogens is 1. The Kier molecular flexibility index (Phi) is 5.35. The Balaban J connectivity index is 1.58. The smallest absolute Gasteiger partial charge is 0.248 e. The van der Waals surface area contributed by atoms with Crippen molar-refractivity contribution in [2.45, 2.75) is 31.3 Å². The molecule has 2 heterocycles. The summed E-state index contributed by atoms with van der Waals surface area (Å²) < 4.78 is 14.8. The highest BCUT2D eigenvalue weighted by atomic mass is 19.1. The Morgan fingerprint density at radius 3 is 2.55 bits per heavy atom. The van der Waals surface area contributed by atoms with Crippen LogP contribution in [0.5, 0.6) is 0 Å². The molecule has 0 aliphatic carbocycles. The van der Waals surface area contributed by atoms with E-state index in [1.807, 2.05) is 30.3 Å². The first-order chi connectivity index (χ1) is 14.0. The Labute approximate surface area is 168 Å². The minimum absolute atomic E-state index is 0.0846. The fourth-order valence-corrected chi connectivity index (χ4v) is 3.92. The molecule has 0 radical (unpaired) electrons. The van der Waals surface area contributed by atoms with Gasteiger partial charge in [-0.15, -0.1) is 5.10 Å². The standard InChI is InChI=1S/C21H23FN6O/c1-14-24-25-26-28(14)20(11-15-7-9-17(22)10-8-15)21(29)27-12-18(19(23)13-27)16-5-3-2-4-6-16/h2-10,18-20H,11-13,23H2,1H3/t18-,19+,20?/m0/s1. The first-order valence-electron chi connectivity index (χ1n) is 9.61. The van der Waals surface area contributed by atoms with Gasteiger partial charge in [-0.1, -0.05) is 42.5 Å². The normalized spacial score (nSPS) is 20.0. The average molecular weight is 394 g/mol. The molecule has 1 fully saturated rings. The predicted molar refractivity (Wildman–Crippen MR) is 105 cm³/mol. The molecule has 8 heteroatoms. The van der Waals surface area contributed by atoms with Crippen LogP contribution in [0.3, 0.4) is 0 Å². The quantitative estimate of drug-likeness (QED) is 0.713. The molecular formula is C21H23FN6O. The van der Waals surface area contributed by atoms with Crippen molar-refractivity contribution in [3.8, 4) is 0 Å². The molecular weight excluding hydrogens is 371 g/mol. The van der Waals surface area contributed by atoms with Crippen LogP contribution in [-0.4, -0.2) is 50.1 Å². The van der Waals surface area contributed by atoms with Gasteiger partial charge in [0.05, 0.1) is 0 Å². The van der Waals surface area contributed by atoms with Gasteiger partial charge in [0.1, 0.15) is 17.7 Å². The van der Waals surface area contributed by atoms with Crippen LogP contribution in [0, 0.1) is 12.7 Å². The van der Waals surface area contributed by atoms with Gasteiger partial charge in [0, 0.05) is 31.5 Å². The zero-order valence-electron chi connectivity index (χ0n) is 16.1. The van der Waals surface area contributed by atoms with E-state index in [2.05, 4.69) is 15.5 Å². The van der Waals surface area contributed by atoms with E-state index in [-0.39, 0.29) is 23.7 Å². The fraction of sp³-hybridized carbons (Fsp3) is 0.333. The van der Waals surface area contributed by atoms with Crippen LogP contribution in [0.15, 0.2) is 54.6 Å². The SMILES string of the molecule is Cc1nnnn1C(Cc1ccc(F)cc1)C(=O)N1C[C@@H](N)[C@H](c2ccccc2)C1. The molecule has 7 nitrogen and oxygen atoms in total. The summed E-state index contributed by atoms with van der Waals surface area (Å²) in [6.45, 7) is 2.78. The summed E-state index contributed by atoms with van der Waals surface area (Å²) >= 11 is 0. The number of amides is 1. The molecule has 0 spiro atoms. The maximum absolute atomic E-state index is 13.5. The Hall–Kier alpha value is -3.13. The van der Waals surface area contributed by atoms with E-state index in [0.717, 1.165) is 11.1 Å². The van der Waals surface area contributed by atoms with Crippen molar-refractivity contribution >= 4 is 5.91 Å². The summed E-state index contributed by atoms with van der Waals surface area (Å²) in [6, 6.07) is 15.4. The molecule has 2 aromatic carbocycles. The van der Waals surface area contributed by atoms with Crippen LogP contribution in [0.2, 0.25) is 0 Å². The zero-order chi connectivity index (χ0) is 20.4. The van der Waals surface area contributed by atoms with Crippen LogP contribution in [-0.2, 0) is 11.2 Å². The van der Waals surface area contributed by atoms with Gasteiger partial charge in [0.2, 0.25) is 5.91 Å². The van der Waals surface area contributed by atoms with Gasteiger partial charge in [0.15, 0.2) is 0 Å². The van der Waals surface area contributed by atoms with Crippen molar-refractivity contribution in [1.29, 1.82) is 0 Å². The molecule has 1 amide bonds. The third kappa shape index (κ3) is 4.02. The van der Waals surface area contributed by atoms with Crippen LogP contribution < -0.4 is 5.73 Å². The lowest BCUT2D eigenvalue weighted by molar-refractivity contribution is -0.134. The molecule has 1 unspecified atom stereocenters. The van der Waals surface area contributed by atoms with E-state index in [9.17, 15) is 9.18 Å². The number of hydrogen-bond acceptors (Lipinski definition) is 5. The number of nitrogens with two attached hydrogens (primary N) is 1. The second-order valence-electron chi connectivity index (χ2n) is 7.44. The molecule has 3 atom stereocenters. The second kappa shape index (κ2) is 8.08. The van der Waals surface area contributed by atoms with Crippen molar-refractivity contribution in [2.75, 3.05) is 13.1 Å². The van der Waals surface area contributed by atoms with E-state index < -0.39 is 6.04 Å². The second-order valence-corrected chi connectivity index (χ2v) is 7.44. The van der Waals surface area contributed by atoms with E-state index in [4.69, 9.17) is 5.73 Å². The summed E-state index contributed by atoms with van der Waals surface area (Å²) in [5.41, 5.74) is 8.34. The number of aryl methyl sites for hydroxylation is 1. The van der Waals surface area contributed by atoms with Crippen molar-refractivity contribution in [1.82, 2.24) is 25.1 Å². The van der Waals surface area contributed by atoms with Crippen LogP contribution in [0.1, 0.15) is 28.9 Å². The molecule has 1 aliphatic rings. The minimum atomic E-state index is -0.614. The number of aromatic nitrogens is 4. The summed E-state index contributed by atoms with van der Waals surface area (Å²) in [4.78, 5) is 15.3. The van der Waals surface area contributed by atoms with Crippen molar-refractivity contribution < 1.29 is 9.18 Å². The van der Waals surface area contributed by atoms with Crippen LogP contribution >= 0.6 is 0 Å². The number of tetrazole rings is 1. The molecule has 0 saturated carbocycles. The lowest BCUT2D eigenvalue weighted by Crippen LogP contribution is -2.39. The first-order valence-corrected chi connectivity index (χ1v) is 9.61. The van der Waals surface area contributed by atoms with Gasteiger partial charge in [-0.05, 0) is 40.6 Å². The van der Waals surface area contributed by atoms with Crippen LogP contribution in [0.25, 0.3) is 0 Å². The maximum Gasteiger partial charge on any atom is 0.248 e. The highest BCUT2D eigenvalue weighted by Crippen LogP contribution is 2.29. The summed E-state index contributed by atoms with van der Waals surface area (Å²) in [5, 5.41) is 11.6. The molecule has 29 heavy (non-hydrogen) atoms. The molecule has 0 bridgehead atoms. The minimum Gasteiger partial charge on any atom is -0.339 e. The van der Waals surface area contributed by atoms with Gasteiger partial charge < -0.3 is 10.6 Å². The van der Waals surface area contributed by atoms with Crippen molar-refractivity contribution in [2.24, 2.45) is 5.73 Å². The van der Waals surface area contributed by atoms with E-state index in [0.29, 0.717) is 25.3 Å². The maximum atomic E-state index is 13.5. The Morgan fingerprint density at radius 1 is 1.17 bits per heavy atom.